The van der Waals surface area contributed by atoms with Gasteiger partial charge < -0.3 is 24.8 Å². The number of hydrogen-bond acceptors (Lipinski definition) is 6. The Morgan fingerprint density at radius 2 is 1.72 bits per heavy atom. The molecule has 1 aliphatic heterocycles. The minimum atomic E-state index is -0.576. The number of esters is 1. The van der Waals surface area contributed by atoms with E-state index in [9.17, 15) is 14.4 Å². The van der Waals surface area contributed by atoms with Crippen molar-refractivity contribution in [2.24, 2.45) is 0 Å². The van der Waals surface area contributed by atoms with Gasteiger partial charge >= 0.3 is 12.0 Å². The second kappa shape index (κ2) is 10.1. The number of rotatable bonds is 7. The van der Waals surface area contributed by atoms with E-state index in [0.29, 0.717) is 36.0 Å². The van der Waals surface area contributed by atoms with Crippen LogP contribution in [0.5, 0.6) is 11.5 Å². The summed E-state index contributed by atoms with van der Waals surface area (Å²) in [5.41, 5.74) is 1.02. The molecule has 0 bridgehead atoms. The van der Waals surface area contributed by atoms with Gasteiger partial charge in [0.05, 0.1) is 19.6 Å². The molecule has 1 aliphatic rings. The Labute approximate surface area is 168 Å². The van der Waals surface area contributed by atoms with E-state index < -0.39 is 12.0 Å². The molecule has 2 aromatic carbocycles. The maximum Gasteiger partial charge on any atom is 0.319 e. The van der Waals surface area contributed by atoms with Crippen LogP contribution in [0.3, 0.4) is 0 Å². The van der Waals surface area contributed by atoms with E-state index in [4.69, 9.17) is 14.2 Å². The molecule has 2 amide bonds. The number of fused-ring (bicyclic) bond motifs is 1. The smallest absolute Gasteiger partial charge is 0.319 e. The van der Waals surface area contributed by atoms with Crippen LogP contribution >= 0.6 is 0 Å². The average Bonchev–Trinajstić information content (AvgIpc) is 2.97. The number of hydrogen-bond donors (Lipinski definition) is 2. The van der Waals surface area contributed by atoms with Gasteiger partial charge in [-0.1, -0.05) is 18.2 Å². The summed E-state index contributed by atoms with van der Waals surface area (Å²) in [5.74, 6) is 0.181. The lowest BCUT2D eigenvalue weighted by Crippen LogP contribution is -2.31. The lowest BCUT2D eigenvalue weighted by atomic mass is 10.1. The van der Waals surface area contributed by atoms with Gasteiger partial charge in [-0.2, -0.15) is 0 Å². The third kappa shape index (κ3) is 6.24. The van der Waals surface area contributed by atoms with Gasteiger partial charge in [-0.05, 0) is 30.3 Å². The van der Waals surface area contributed by atoms with Crippen molar-refractivity contribution in [3.8, 4) is 11.5 Å². The number of carbonyl (C=O) groups is 3. The molecule has 0 aliphatic carbocycles. The summed E-state index contributed by atoms with van der Waals surface area (Å²) in [6, 6.07) is 13.4. The quantitative estimate of drug-likeness (QED) is 0.549. The summed E-state index contributed by atoms with van der Waals surface area (Å²) < 4.78 is 16.1. The third-order valence-electron chi connectivity index (χ3n) is 4.08. The Kier molecular flexibility index (Phi) is 7.05. The normalized spacial score (nSPS) is 12.4. The highest BCUT2D eigenvalue weighted by Gasteiger charge is 2.15. The number of para-hydroxylation sites is 1. The minimum Gasteiger partial charge on any atom is -0.490 e. The number of Topliss-reactive ketones (excluding diaryl/α,β-unsaturated/α-hetero) is 1. The number of ketones is 1. The molecule has 0 aromatic heterocycles. The van der Waals surface area contributed by atoms with Gasteiger partial charge in [-0.3, -0.25) is 9.59 Å². The van der Waals surface area contributed by atoms with Gasteiger partial charge in [0.1, 0.15) is 0 Å². The molecule has 0 radical (unpaired) electrons. The van der Waals surface area contributed by atoms with Crippen LogP contribution in [-0.2, 0) is 9.53 Å². The molecule has 29 heavy (non-hydrogen) atoms. The number of benzene rings is 2. The summed E-state index contributed by atoms with van der Waals surface area (Å²) in [5, 5.41) is 5.19. The fourth-order valence-corrected chi connectivity index (χ4v) is 2.61. The SMILES string of the molecule is O=C(NCCC(=O)OCC(=O)c1ccc2c(c1)OCCCO2)Nc1ccccc1. The van der Waals surface area contributed by atoms with Crippen LogP contribution in [0.15, 0.2) is 48.5 Å². The first-order valence-corrected chi connectivity index (χ1v) is 9.30. The van der Waals surface area contributed by atoms with Crippen LogP contribution in [-0.4, -0.2) is 44.1 Å². The van der Waals surface area contributed by atoms with Crippen LogP contribution in [0.1, 0.15) is 23.2 Å². The van der Waals surface area contributed by atoms with Gasteiger partial charge in [0, 0.05) is 24.2 Å². The molecular formula is C21H22N2O6. The van der Waals surface area contributed by atoms with Gasteiger partial charge in [0.25, 0.3) is 0 Å². The number of urea groups is 1. The first-order chi connectivity index (χ1) is 14.1. The van der Waals surface area contributed by atoms with Crippen LogP contribution < -0.4 is 20.1 Å². The molecule has 0 unspecified atom stereocenters. The van der Waals surface area contributed by atoms with Crippen molar-refractivity contribution < 1.29 is 28.6 Å². The Balaban J connectivity index is 1.38. The summed E-state index contributed by atoms with van der Waals surface area (Å²) in [4.78, 5) is 35.8. The summed E-state index contributed by atoms with van der Waals surface area (Å²) in [6.07, 6.45) is 0.726. The number of anilines is 1. The van der Waals surface area contributed by atoms with E-state index >= 15 is 0 Å². The molecule has 0 saturated carbocycles. The average molecular weight is 398 g/mol. The van der Waals surface area contributed by atoms with Crippen LogP contribution in [0, 0.1) is 0 Å². The fourth-order valence-electron chi connectivity index (χ4n) is 2.61. The second-order valence-corrected chi connectivity index (χ2v) is 6.29. The van der Waals surface area contributed by atoms with Gasteiger partial charge in [-0.15, -0.1) is 0 Å². The molecule has 0 atom stereocenters. The van der Waals surface area contributed by atoms with Crippen LogP contribution in [0.2, 0.25) is 0 Å². The lowest BCUT2D eigenvalue weighted by molar-refractivity contribution is -0.142. The van der Waals surface area contributed by atoms with E-state index in [2.05, 4.69) is 10.6 Å². The van der Waals surface area contributed by atoms with Crippen LogP contribution in [0.4, 0.5) is 10.5 Å². The monoisotopic (exact) mass is 398 g/mol. The first kappa shape index (κ1) is 20.2. The second-order valence-electron chi connectivity index (χ2n) is 6.29. The fraction of sp³-hybridized carbons (Fsp3) is 0.286. The maximum absolute atomic E-state index is 12.3. The summed E-state index contributed by atoms with van der Waals surface area (Å²) in [7, 11) is 0. The van der Waals surface area contributed by atoms with Crippen LogP contribution in [0.25, 0.3) is 0 Å². The van der Waals surface area contributed by atoms with E-state index in [1.54, 1.807) is 42.5 Å². The van der Waals surface area contributed by atoms with Crippen molar-refractivity contribution in [2.75, 3.05) is 31.7 Å². The molecule has 0 saturated heterocycles. The standard InChI is InChI=1S/C21H22N2O6/c24-17(15-7-8-18-19(13-15)28-12-4-11-27-18)14-29-20(25)9-10-22-21(26)23-16-5-2-1-3-6-16/h1-3,5-8,13H,4,9-12,14H2,(H2,22,23,26). The highest BCUT2D eigenvalue weighted by atomic mass is 16.5. The van der Waals surface area contributed by atoms with Crippen molar-refractivity contribution in [1.82, 2.24) is 5.32 Å². The number of nitrogens with one attached hydrogen (secondary N) is 2. The summed E-state index contributed by atoms with van der Waals surface area (Å²) >= 11 is 0. The molecule has 152 valence electrons. The lowest BCUT2D eigenvalue weighted by Gasteiger charge is -2.09. The van der Waals surface area contributed by atoms with E-state index in [0.717, 1.165) is 6.42 Å². The van der Waals surface area contributed by atoms with Crippen molar-refractivity contribution in [3.05, 3.63) is 54.1 Å². The van der Waals surface area contributed by atoms with Gasteiger partial charge in [-0.25, -0.2) is 4.79 Å². The van der Waals surface area contributed by atoms with Crippen molar-refractivity contribution in [3.63, 3.8) is 0 Å². The highest BCUT2D eigenvalue weighted by molar-refractivity contribution is 5.98. The first-order valence-electron chi connectivity index (χ1n) is 9.30. The predicted octanol–water partition coefficient (Wildman–Crippen LogP) is 2.79. The topological polar surface area (TPSA) is 103 Å². The zero-order valence-corrected chi connectivity index (χ0v) is 15.8. The highest BCUT2D eigenvalue weighted by Crippen LogP contribution is 2.30. The van der Waals surface area contributed by atoms with E-state index in [1.165, 1.54) is 0 Å². The Bertz CT molecular complexity index is 869. The van der Waals surface area contributed by atoms with Gasteiger partial charge in [0.2, 0.25) is 0 Å². The number of ether oxygens (including phenoxy) is 3. The summed E-state index contributed by atoms with van der Waals surface area (Å²) in [6.45, 7) is 0.796. The molecule has 8 heteroatoms. The molecule has 1 heterocycles. The zero-order valence-electron chi connectivity index (χ0n) is 15.8. The van der Waals surface area contributed by atoms with Crippen molar-refractivity contribution >= 4 is 23.5 Å². The molecule has 0 spiro atoms. The molecule has 2 aromatic rings. The number of amides is 2. The maximum atomic E-state index is 12.3. The number of carbonyl (C=O) groups excluding carboxylic acids is 3. The molecule has 0 fully saturated rings. The van der Waals surface area contributed by atoms with Crippen molar-refractivity contribution in [2.45, 2.75) is 12.8 Å². The van der Waals surface area contributed by atoms with E-state index in [1.807, 2.05) is 6.07 Å². The zero-order chi connectivity index (χ0) is 20.5. The molecule has 2 N–H and O–H groups in total. The molecular weight excluding hydrogens is 376 g/mol. The minimum absolute atomic E-state index is 0.0450. The Morgan fingerprint density at radius 1 is 0.966 bits per heavy atom. The van der Waals surface area contributed by atoms with Gasteiger partial charge in [0.15, 0.2) is 23.9 Å². The largest absolute Gasteiger partial charge is 0.490 e. The Morgan fingerprint density at radius 3 is 2.52 bits per heavy atom. The predicted molar refractivity (Wildman–Crippen MR) is 105 cm³/mol. The van der Waals surface area contributed by atoms with E-state index in [-0.39, 0.29) is 25.4 Å². The Hall–Kier alpha value is -3.55. The molecule has 3 rings (SSSR count). The molecule has 8 nitrogen and oxygen atoms in total. The van der Waals surface area contributed by atoms with Crippen molar-refractivity contribution in [1.29, 1.82) is 0 Å². The third-order valence-corrected chi connectivity index (χ3v) is 4.08.